The van der Waals surface area contributed by atoms with E-state index < -0.39 is 10.0 Å². The van der Waals surface area contributed by atoms with Crippen LogP contribution in [0.2, 0.25) is 0 Å². The molecule has 1 amide bonds. The standard InChI is InChI=1S/C14H28N2O4S/c1-12(2)6-7-15-14(17)13-5-4-8-16(11-13)21(18,19)10-9-20-3/h12-13H,4-11H2,1-3H3,(H,15,17). The van der Waals surface area contributed by atoms with Crippen LogP contribution in [0.5, 0.6) is 0 Å². The van der Waals surface area contributed by atoms with Crippen LogP contribution in [-0.2, 0) is 19.6 Å². The molecule has 6 nitrogen and oxygen atoms in total. The molecule has 1 rings (SSSR count). The van der Waals surface area contributed by atoms with Crippen LogP contribution >= 0.6 is 0 Å². The maximum atomic E-state index is 12.1. The first-order valence-corrected chi connectivity index (χ1v) is 9.22. The molecule has 0 spiro atoms. The predicted molar refractivity (Wildman–Crippen MR) is 82.4 cm³/mol. The van der Waals surface area contributed by atoms with Gasteiger partial charge in [-0.15, -0.1) is 0 Å². The number of amides is 1. The number of hydrogen-bond donors (Lipinski definition) is 1. The second kappa shape index (κ2) is 8.70. The van der Waals surface area contributed by atoms with Crippen LogP contribution in [0, 0.1) is 11.8 Å². The Morgan fingerprint density at radius 1 is 1.43 bits per heavy atom. The Kier molecular flexibility index (Phi) is 7.62. The number of rotatable bonds is 8. The van der Waals surface area contributed by atoms with E-state index in [1.54, 1.807) is 0 Å². The van der Waals surface area contributed by atoms with E-state index in [1.165, 1.54) is 11.4 Å². The van der Waals surface area contributed by atoms with E-state index in [9.17, 15) is 13.2 Å². The third kappa shape index (κ3) is 6.32. The minimum absolute atomic E-state index is 0.0226. The monoisotopic (exact) mass is 320 g/mol. The van der Waals surface area contributed by atoms with Gasteiger partial charge in [-0.25, -0.2) is 12.7 Å². The maximum absolute atomic E-state index is 12.1. The molecule has 0 aromatic carbocycles. The summed E-state index contributed by atoms with van der Waals surface area (Å²) in [6.45, 7) is 5.85. The highest BCUT2D eigenvalue weighted by atomic mass is 32.2. The number of ether oxygens (including phenoxy) is 1. The number of carbonyl (C=O) groups is 1. The van der Waals surface area contributed by atoms with E-state index in [-0.39, 0.29) is 24.2 Å². The molecule has 1 atom stereocenters. The second-order valence-electron chi connectivity index (χ2n) is 5.98. The van der Waals surface area contributed by atoms with Crippen LogP contribution in [0.3, 0.4) is 0 Å². The molecule has 0 radical (unpaired) electrons. The van der Waals surface area contributed by atoms with Gasteiger partial charge in [-0.2, -0.15) is 0 Å². The fraction of sp³-hybridized carbons (Fsp3) is 0.929. The molecule has 1 aliphatic heterocycles. The Hall–Kier alpha value is -0.660. The summed E-state index contributed by atoms with van der Waals surface area (Å²) in [5, 5.41) is 2.91. The van der Waals surface area contributed by atoms with Crippen molar-refractivity contribution < 1.29 is 17.9 Å². The van der Waals surface area contributed by atoms with Gasteiger partial charge in [-0.05, 0) is 25.2 Å². The number of sulfonamides is 1. The lowest BCUT2D eigenvalue weighted by Gasteiger charge is -2.31. The zero-order valence-corrected chi connectivity index (χ0v) is 14.1. The average Bonchev–Trinajstić information content (AvgIpc) is 2.45. The number of nitrogens with one attached hydrogen (secondary N) is 1. The van der Waals surface area contributed by atoms with E-state index in [1.807, 2.05) is 0 Å². The summed E-state index contributed by atoms with van der Waals surface area (Å²) in [4.78, 5) is 12.1. The van der Waals surface area contributed by atoms with Gasteiger partial charge in [0.1, 0.15) is 0 Å². The lowest BCUT2D eigenvalue weighted by molar-refractivity contribution is -0.126. The Morgan fingerprint density at radius 2 is 2.14 bits per heavy atom. The molecule has 1 heterocycles. The van der Waals surface area contributed by atoms with E-state index in [0.29, 0.717) is 25.6 Å². The van der Waals surface area contributed by atoms with Gasteiger partial charge in [-0.1, -0.05) is 13.8 Å². The quantitative estimate of drug-likeness (QED) is 0.719. The second-order valence-corrected chi connectivity index (χ2v) is 8.07. The van der Waals surface area contributed by atoms with E-state index in [2.05, 4.69) is 19.2 Å². The minimum Gasteiger partial charge on any atom is -0.384 e. The van der Waals surface area contributed by atoms with Crippen molar-refractivity contribution in [1.82, 2.24) is 9.62 Å². The molecular formula is C14H28N2O4S. The lowest BCUT2D eigenvalue weighted by Crippen LogP contribution is -2.46. The Balaban J connectivity index is 2.49. The summed E-state index contributed by atoms with van der Waals surface area (Å²) >= 11 is 0. The molecular weight excluding hydrogens is 292 g/mol. The van der Waals surface area contributed by atoms with Crippen LogP contribution in [0.25, 0.3) is 0 Å². The van der Waals surface area contributed by atoms with Crippen molar-refractivity contribution >= 4 is 15.9 Å². The molecule has 0 aromatic rings. The SMILES string of the molecule is COCCS(=O)(=O)N1CCCC(C(=O)NCCC(C)C)C1. The van der Waals surface area contributed by atoms with Gasteiger partial charge in [0.25, 0.3) is 0 Å². The third-order valence-electron chi connectivity index (χ3n) is 3.71. The molecule has 1 saturated heterocycles. The summed E-state index contributed by atoms with van der Waals surface area (Å²) in [7, 11) is -1.83. The minimum atomic E-state index is -3.32. The predicted octanol–water partition coefficient (Wildman–Crippen LogP) is 0.837. The van der Waals surface area contributed by atoms with Crippen molar-refractivity contribution in [2.45, 2.75) is 33.1 Å². The Morgan fingerprint density at radius 3 is 2.76 bits per heavy atom. The molecule has 0 aliphatic carbocycles. The molecule has 0 aromatic heterocycles. The first-order valence-electron chi connectivity index (χ1n) is 7.61. The van der Waals surface area contributed by atoms with E-state index in [0.717, 1.165) is 19.3 Å². The summed E-state index contributed by atoms with van der Waals surface area (Å²) in [5.41, 5.74) is 0. The zero-order valence-electron chi connectivity index (χ0n) is 13.3. The zero-order chi connectivity index (χ0) is 15.9. The van der Waals surface area contributed by atoms with Crippen molar-refractivity contribution in [2.24, 2.45) is 11.8 Å². The van der Waals surface area contributed by atoms with E-state index in [4.69, 9.17) is 4.74 Å². The van der Waals surface area contributed by atoms with E-state index >= 15 is 0 Å². The summed E-state index contributed by atoms with van der Waals surface area (Å²) in [6.07, 6.45) is 2.42. The van der Waals surface area contributed by atoms with Gasteiger partial charge in [0.15, 0.2) is 0 Å². The number of methoxy groups -OCH3 is 1. The Labute approximate surface area is 128 Å². The Bertz CT molecular complexity index is 423. The molecule has 124 valence electrons. The highest BCUT2D eigenvalue weighted by Crippen LogP contribution is 2.19. The summed E-state index contributed by atoms with van der Waals surface area (Å²) in [5.74, 6) is 0.263. The fourth-order valence-corrected chi connectivity index (χ4v) is 3.81. The van der Waals surface area contributed by atoms with Crippen LogP contribution in [-0.4, -0.2) is 57.7 Å². The average molecular weight is 320 g/mol. The van der Waals surface area contributed by atoms with Crippen molar-refractivity contribution in [2.75, 3.05) is 39.1 Å². The first kappa shape index (κ1) is 18.4. The summed E-state index contributed by atoms with van der Waals surface area (Å²) in [6, 6.07) is 0. The normalized spacial score (nSPS) is 20.7. The van der Waals surface area contributed by atoms with Gasteiger partial charge in [-0.3, -0.25) is 4.79 Å². The van der Waals surface area contributed by atoms with Gasteiger partial charge in [0.2, 0.25) is 15.9 Å². The molecule has 1 unspecified atom stereocenters. The van der Waals surface area contributed by atoms with Crippen LogP contribution in [0.4, 0.5) is 0 Å². The molecule has 21 heavy (non-hydrogen) atoms. The number of carbonyl (C=O) groups excluding carboxylic acids is 1. The highest BCUT2D eigenvalue weighted by Gasteiger charge is 2.31. The first-order chi connectivity index (χ1) is 9.86. The fourth-order valence-electron chi connectivity index (χ4n) is 2.36. The van der Waals surface area contributed by atoms with Gasteiger partial charge < -0.3 is 10.1 Å². The van der Waals surface area contributed by atoms with Crippen LogP contribution in [0.15, 0.2) is 0 Å². The van der Waals surface area contributed by atoms with Gasteiger partial charge >= 0.3 is 0 Å². The molecule has 1 N–H and O–H groups in total. The van der Waals surface area contributed by atoms with Crippen molar-refractivity contribution in [3.8, 4) is 0 Å². The lowest BCUT2D eigenvalue weighted by atomic mass is 9.98. The largest absolute Gasteiger partial charge is 0.384 e. The van der Waals surface area contributed by atoms with Crippen LogP contribution in [0.1, 0.15) is 33.1 Å². The van der Waals surface area contributed by atoms with Crippen LogP contribution < -0.4 is 5.32 Å². The van der Waals surface area contributed by atoms with Crippen molar-refractivity contribution in [3.63, 3.8) is 0 Å². The molecule has 0 bridgehead atoms. The van der Waals surface area contributed by atoms with Gasteiger partial charge in [0.05, 0.1) is 18.3 Å². The number of piperidine rings is 1. The smallest absolute Gasteiger partial charge is 0.224 e. The molecule has 7 heteroatoms. The number of nitrogens with zero attached hydrogens (tertiary/aromatic N) is 1. The molecule has 0 saturated carbocycles. The molecule has 1 aliphatic rings. The van der Waals surface area contributed by atoms with Crippen molar-refractivity contribution in [3.05, 3.63) is 0 Å². The maximum Gasteiger partial charge on any atom is 0.224 e. The number of hydrogen-bond acceptors (Lipinski definition) is 4. The topological polar surface area (TPSA) is 75.7 Å². The van der Waals surface area contributed by atoms with Crippen molar-refractivity contribution in [1.29, 1.82) is 0 Å². The van der Waals surface area contributed by atoms with Gasteiger partial charge in [0, 0.05) is 26.7 Å². The third-order valence-corrected chi connectivity index (χ3v) is 5.52. The highest BCUT2D eigenvalue weighted by molar-refractivity contribution is 7.89. The summed E-state index contributed by atoms with van der Waals surface area (Å²) < 4.78 is 30.5. The molecule has 1 fully saturated rings.